The zero-order chi connectivity index (χ0) is 18.9. The molecule has 0 saturated carbocycles. The first kappa shape index (κ1) is 18.5. The molecule has 26 heavy (non-hydrogen) atoms. The molecule has 1 saturated heterocycles. The van der Waals surface area contributed by atoms with Crippen LogP contribution in [-0.4, -0.2) is 74.1 Å². The lowest BCUT2D eigenvalue weighted by Gasteiger charge is -2.35. The first-order chi connectivity index (χ1) is 12.2. The van der Waals surface area contributed by atoms with Gasteiger partial charge in [0, 0.05) is 51.8 Å². The minimum Gasteiger partial charge on any atom is -0.372 e. The Morgan fingerprint density at radius 3 is 2.50 bits per heavy atom. The molecule has 0 radical (unpaired) electrons. The predicted octanol–water partition coefficient (Wildman–Crippen LogP) is 1.79. The van der Waals surface area contributed by atoms with Crippen LogP contribution in [0.25, 0.3) is 0 Å². The number of piperazine rings is 1. The van der Waals surface area contributed by atoms with Gasteiger partial charge in [0.15, 0.2) is 0 Å². The van der Waals surface area contributed by atoms with Crippen LogP contribution in [0, 0.1) is 0 Å². The number of halogens is 3. The quantitative estimate of drug-likeness (QED) is 0.862. The zero-order valence-corrected chi connectivity index (χ0v) is 14.5. The highest BCUT2D eigenvalue weighted by Gasteiger charge is 2.33. The van der Waals surface area contributed by atoms with Crippen molar-refractivity contribution >= 4 is 23.2 Å². The van der Waals surface area contributed by atoms with Crippen molar-refractivity contribution in [3.8, 4) is 0 Å². The zero-order valence-electron chi connectivity index (χ0n) is 14.5. The molecule has 0 bridgehead atoms. The molecule has 2 aliphatic rings. The number of alkyl halides is 3. The fraction of sp³-hybridized carbons (Fsp3) is 0.529. The van der Waals surface area contributed by atoms with Crippen LogP contribution in [0.3, 0.4) is 0 Å². The van der Waals surface area contributed by atoms with E-state index in [-0.39, 0.29) is 38.0 Å². The third-order valence-corrected chi connectivity index (χ3v) is 4.67. The topological polar surface area (TPSA) is 55.9 Å². The lowest BCUT2D eigenvalue weighted by atomic mass is 10.1. The van der Waals surface area contributed by atoms with Crippen LogP contribution in [0.2, 0.25) is 0 Å². The third kappa shape index (κ3) is 4.27. The van der Waals surface area contributed by atoms with E-state index in [1.165, 1.54) is 4.90 Å². The second-order valence-electron chi connectivity index (χ2n) is 6.64. The summed E-state index contributed by atoms with van der Waals surface area (Å²) < 4.78 is 37.4. The predicted molar refractivity (Wildman–Crippen MR) is 91.4 cm³/mol. The summed E-state index contributed by atoms with van der Waals surface area (Å²) in [5, 5.41) is 2.80. The molecule has 6 nitrogen and oxygen atoms in total. The molecule has 9 heteroatoms. The van der Waals surface area contributed by atoms with Gasteiger partial charge in [-0.1, -0.05) is 0 Å². The average Bonchev–Trinajstić information content (AvgIpc) is 2.71. The van der Waals surface area contributed by atoms with E-state index in [4.69, 9.17) is 0 Å². The Labute approximate surface area is 149 Å². The second-order valence-corrected chi connectivity index (χ2v) is 6.64. The number of carbonyl (C=O) groups excluding carboxylic acids is 2. The van der Waals surface area contributed by atoms with Crippen molar-refractivity contribution in [1.82, 2.24) is 9.80 Å². The van der Waals surface area contributed by atoms with E-state index in [9.17, 15) is 22.8 Å². The summed E-state index contributed by atoms with van der Waals surface area (Å²) in [4.78, 5) is 29.3. The smallest absolute Gasteiger partial charge is 0.372 e. The van der Waals surface area contributed by atoms with E-state index in [1.54, 1.807) is 23.1 Å². The minimum atomic E-state index is -4.23. The summed E-state index contributed by atoms with van der Waals surface area (Å²) in [7, 11) is 1.88. The molecule has 1 aromatic carbocycles. The molecule has 0 spiro atoms. The van der Waals surface area contributed by atoms with Crippen molar-refractivity contribution in [2.45, 2.75) is 12.6 Å². The highest BCUT2D eigenvalue weighted by atomic mass is 19.4. The van der Waals surface area contributed by atoms with Gasteiger partial charge in [-0.05, 0) is 18.2 Å². The maximum Gasteiger partial charge on any atom is 0.401 e. The lowest BCUT2D eigenvalue weighted by molar-refractivity contribution is -0.148. The number of amides is 2. The summed E-state index contributed by atoms with van der Waals surface area (Å²) in [5.74, 6) is -0.346. The van der Waals surface area contributed by atoms with Gasteiger partial charge in [-0.3, -0.25) is 14.5 Å². The van der Waals surface area contributed by atoms with Crippen molar-refractivity contribution in [3.05, 3.63) is 23.8 Å². The largest absolute Gasteiger partial charge is 0.401 e. The molecular weight excluding hydrogens is 349 g/mol. The summed E-state index contributed by atoms with van der Waals surface area (Å²) in [6.45, 7) is 0.515. The maximum atomic E-state index is 12.7. The fourth-order valence-corrected chi connectivity index (χ4v) is 3.25. The summed E-state index contributed by atoms with van der Waals surface area (Å²) in [6, 6.07) is 5.12. The van der Waals surface area contributed by atoms with E-state index in [0.717, 1.165) is 5.69 Å². The van der Waals surface area contributed by atoms with Gasteiger partial charge in [0.05, 0.1) is 17.9 Å². The number of nitrogens with zero attached hydrogens (tertiary/aromatic N) is 3. The van der Waals surface area contributed by atoms with Crippen LogP contribution >= 0.6 is 0 Å². The Kier molecular flexibility index (Phi) is 5.08. The van der Waals surface area contributed by atoms with Crippen molar-refractivity contribution in [1.29, 1.82) is 0 Å². The van der Waals surface area contributed by atoms with Crippen LogP contribution in [0.1, 0.15) is 16.8 Å². The number of anilines is 2. The molecule has 0 atom stereocenters. The van der Waals surface area contributed by atoms with Gasteiger partial charge in [-0.25, -0.2) is 0 Å². The number of nitrogens with one attached hydrogen (secondary N) is 1. The molecule has 2 heterocycles. The van der Waals surface area contributed by atoms with Gasteiger partial charge in [-0.2, -0.15) is 13.2 Å². The standard InChI is InChI=1S/C17H21F3N4O2/c1-22-5-4-15(25)21-13-10-12(2-3-14(13)22)16(26)24-8-6-23(7-9-24)11-17(18,19)20/h2-3,10H,4-9,11H2,1H3,(H,21,25). The van der Waals surface area contributed by atoms with Crippen LogP contribution in [0.15, 0.2) is 18.2 Å². The Hall–Kier alpha value is -2.29. The van der Waals surface area contributed by atoms with Gasteiger partial charge in [0.2, 0.25) is 5.91 Å². The maximum absolute atomic E-state index is 12.7. The van der Waals surface area contributed by atoms with Crippen molar-refractivity contribution in [2.24, 2.45) is 0 Å². The fourth-order valence-electron chi connectivity index (χ4n) is 3.25. The van der Waals surface area contributed by atoms with E-state index < -0.39 is 12.7 Å². The van der Waals surface area contributed by atoms with Gasteiger partial charge in [-0.15, -0.1) is 0 Å². The van der Waals surface area contributed by atoms with Crippen LogP contribution < -0.4 is 10.2 Å². The van der Waals surface area contributed by atoms with E-state index in [2.05, 4.69) is 5.32 Å². The third-order valence-electron chi connectivity index (χ3n) is 4.67. The Balaban J connectivity index is 1.68. The highest BCUT2D eigenvalue weighted by Crippen LogP contribution is 2.29. The summed E-state index contributed by atoms with van der Waals surface area (Å²) >= 11 is 0. The summed E-state index contributed by atoms with van der Waals surface area (Å²) in [6.07, 6.45) is -3.86. The van der Waals surface area contributed by atoms with Crippen molar-refractivity contribution < 1.29 is 22.8 Å². The first-order valence-electron chi connectivity index (χ1n) is 8.46. The molecular formula is C17H21F3N4O2. The molecule has 2 aliphatic heterocycles. The number of rotatable bonds is 2. The van der Waals surface area contributed by atoms with Crippen LogP contribution in [0.5, 0.6) is 0 Å². The Morgan fingerprint density at radius 1 is 1.15 bits per heavy atom. The molecule has 0 aliphatic carbocycles. The lowest BCUT2D eigenvalue weighted by Crippen LogP contribution is -2.50. The second kappa shape index (κ2) is 7.14. The van der Waals surface area contributed by atoms with E-state index in [0.29, 0.717) is 24.2 Å². The molecule has 1 aromatic rings. The summed E-state index contributed by atoms with van der Waals surface area (Å²) in [5.41, 5.74) is 1.84. The molecule has 0 unspecified atom stereocenters. The normalized spacial score (nSPS) is 19.0. The molecule has 142 valence electrons. The highest BCUT2D eigenvalue weighted by molar-refractivity contribution is 6.00. The van der Waals surface area contributed by atoms with Crippen LogP contribution in [0.4, 0.5) is 24.5 Å². The number of hydrogen-bond donors (Lipinski definition) is 1. The first-order valence-corrected chi connectivity index (χ1v) is 8.46. The van der Waals surface area contributed by atoms with Crippen LogP contribution in [-0.2, 0) is 4.79 Å². The van der Waals surface area contributed by atoms with E-state index >= 15 is 0 Å². The molecule has 0 aromatic heterocycles. The number of benzene rings is 1. The molecule has 1 N–H and O–H groups in total. The molecule has 1 fully saturated rings. The van der Waals surface area contributed by atoms with Gasteiger partial charge < -0.3 is 15.1 Å². The number of hydrogen-bond acceptors (Lipinski definition) is 4. The van der Waals surface area contributed by atoms with Gasteiger partial charge in [0.1, 0.15) is 0 Å². The number of fused-ring (bicyclic) bond motifs is 1. The van der Waals surface area contributed by atoms with Crippen molar-refractivity contribution in [2.75, 3.05) is 56.5 Å². The Morgan fingerprint density at radius 2 is 1.85 bits per heavy atom. The Bertz CT molecular complexity index is 700. The number of carbonyl (C=O) groups is 2. The van der Waals surface area contributed by atoms with E-state index in [1.807, 2.05) is 11.9 Å². The van der Waals surface area contributed by atoms with Gasteiger partial charge >= 0.3 is 6.18 Å². The SMILES string of the molecule is CN1CCC(=O)Nc2cc(C(=O)N3CCN(CC(F)(F)F)CC3)ccc21. The average molecular weight is 370 g/mol. The molecule has 3 rings (SSSR count). The van der Waals surface area contributed by atoms with Gasteiger partial charge in [0.25, 0.3) is 5.91 Å². The minimum absolute atomic E-state index is 0.110. The monoisotopic (exact) mass is 370 g/mol. The van der Waals surface area contributed by atoms with Crippen molar-refractivity contribution in [3.63, 3.8) is 0 Å². The molecule has 2 amide bonds.